The summed E-state index contributed by atoms with van der Waals surface area (Å²) < 4.78 is 36.9. The molecule has 2 atom stereocenters. The maximum atomic E-state index is 12.6. The highest BCUT2D eigenvalue weighted by atomic mass is 32.2. The van der Waals surface area contributed by atoms with E-state index in [1.165, 1.54) is 11.2 Å². The highest BCUT2D eigenvalue weighted by molar-refractivity contribution is 7.89. The number of carbonyl (C=O) groups is 1. The molecule has 0 bridgehead atoms. The van der Waals surface area contributed by atoms with E-state index in [1.807, 2.05) is 0 Å². The van der Waals surface area contributed by atoms with Gasteiger partial charge in [0.05, 0.1) is 12.2 Å². The largest absolute Gasteiger partial charge is 0.475 e. The van der Waals surface area contributed by atoms with Gasteiger partial charge >= 0.3 is 5.97 Å². The van der Waals surface area contributed by atoms with E-state index in [2.05, 4.69) is 0 Å². The molecule has 0 aliphatic carbocycles. The standard InChI is InChI=1S/C12H17NO6S/c1-7-5-13(6-8(2)18-7)20(16,17)11-4-10(12(14)15)19-9(11)3/h4,7-8H,5-6H2,1-3H3,(H,14,15). The lowest BCUT2D eigenvalue weighted by Crippen LogP contribution is -2.48. The highest BCUT2D eigenvalue weighted by Gasteiger charge is 2.35. The molecule has 0 radical (unpaired) electrons. The van der Waals surface area contributed by atoms with Gasteiger partial charge in [-0.1, -0.05) is 0 Å². The summed E-state index contributed by atoms with van der Waals surface area (Å²) in [6.45, 7) is 5.50. The smallest absolute Gasteiger partial charge is 0.371 e. The molecule has 1 aromatic heterocycles. The molecule has 1 aliphatic rings. The number of carboxylic acid groups (broad SMARTS) is 1. The molecule has 2 rings (SSSR count). The number of carboxylic acids is 1. The van der Waals surface area contributed by atoms with E-state index >= 15 is 0 Å². The Bertz CT molecular complexity index is 610. The van der Waals surface area contributed by atoms with Crippen molar-refractivity contribution in [2.24, 2.45) is 0 Å². The molecule has 7 nitrogen and oxygen atoms in total. The maximum absolute atomic E-state index is 12.6. The summed E-state index contributed by atoms with van der Waals surface area (Å²) in [6, 6.07) is 1.05. The zero-order valence-electron chi connectivity index (χ0n) is 11.5. The first-order valence-electron chi connectivity index (χ1n) is 6.21. The number of morpholine rings is 1. The van der Waals surface area contributed by atoms with E-state index in [1.54, 1.807) is 13.8 Å². The highest BCUT2D eigenvalue weighted by Crippen LogP contribution is 2.26. The summed E-state index contributed by atoms with van der Waals surface area (Å²) in [4.78, 5) is 10.8. The van der Waals surface area contributed by atoms with Gasteiger partial charge in [0, 0.05) is 19.2 Å². The Balaban J connectivity index is 2.37. The Morgan fingerprint density at radius 3 is 2.35 bits per heavy atom. The molecule has 2 unspecified atom stereocenters. The number of hydrogen-bond acceptors (Lipinski definition) is 5. The van der Waals surface area contributed by atoms with E-state index in [0.29, 0.717) is 0 Å². The first-order chi connectivity index (χ1) is 9.21. The number of rotatable bonds is 3. The third-order valence-corrected chi connectivity index (χ3v) is 5.03. The SMILES string of the molecule is Cc1oc(C(=O)O)cc1S(=O)(=O)N1CC(C)OC(C)C1. The van der Waals surface area contributed by atoms with Gasteiger partial charge in [-0.05, 0) is 20.8 Å². The number of ether oxygens (including phenoxy) is 1. The van der Waals surface area contributed by atoms with E-state index in [4.69, 9.17) is 14.3 Å². The molecule has 1 aliphatic heterocycles. The van der Waals surface area contributed by atoms with Crippen molar-refractivity contribution in [2.75, 3.05) is 13.1 Å². The Hall–Kier alpha value is -1.38. The fourth-order valence-corrected chi connectivity index (χ4v) is 4.04. The summed E-state index contributed by atoms with van der Waals surface area (Å²) in [5, 5.41) is 8.86. The fourth-order valence-electron chi connectivity index (χ4n) is 2.29. The monoisotopic (exact) mass is 303 g/mol. The van der Waals surface area contributed by atoms with Gasteiger partial charge in [-0.2, -0.15) is 4.31 Å². The van der Waals surface area contributed by atoms with Crippen molar-refractivity contribution < 1.29 is 27.5 Å². The quantitative estimate of drug-likeness (QED) is 0.897. The molecule has 20 heavy (non-hydrogen) atoms. The average Bonchev–Trinajstić information content (AvgIpc) is 2.71. The molecule has 0 amide bonds. The second-order valence-corrected chi connectivity index (χ2v) is 6.82. The van der Waals surface area contributed by atoms with Gasteiger partial charge in [0.1, 0.15) is 10.7 Å². The second kappa shape index (κ2) is 5.19. The number of hydrogen-bond donors (Lipinski definition) is 1. The molecule has 1 aromatic rings. The van der Waals surface area contributed by atoms with Crippen LogP contribution in [0, 0.1) is 6.92 Å². The molecule has 0 saturated carbocycles. The van der Waals surface area contributed by atoms with E-state index < -0.39 is 16.0 Å². The Morgan fingerprint density at radius 1 is 1.35 bits per heavy atom. The predicted octanol–water partition coefficient (Wildman–Crippen LogP) is 1.08. The van der Waals surface area contributed by atoms with Crippen molar-refractivity contribution in [3.8, 4) is 0 Å². The van der Waals surface area contributed by atoms with Crippen molar-refractivity contribution in [1.29, 1.82) is 0 Å². The van der Waals surface area contributed by atoms with Gasteiger partial charge in [-0.25, -0.2) is 13.2 Å². The normalized spacial score (nSPS) is 24.8. The van der Waals surface area contributed by atoms with Crippen LogP contribution in [0.3, 0.4) is 0 Å². The Labute approximate surface area is 117 Å². The topological polar surface area (TPSA) is 97.0 Å². The summed E-state index contributed by atoms with van der Waals surface area (Å²) in [7, 11) is -3.77. The van der Waals surface area contributed by atoms with Crippen LogP contribution in [0.15, 0.2) is 15.4 Å². The van der Waals surface area contributed by atoms with Gasteiger partial charge in [0.25, 0.3) is 0 Å². The molecular formula is C12H17NO6S. The summed E-state index contributed by atoms with van der Waals surface area (Å²) in [5.74, 6) is -1.59. The van der Waals surface area contributed by atoms with Gasteiger partial charge in [-0.15, -0.1) is 0 Å². The summed E-state index contributed by atoms with van der Waals surface area (Å²) >= 11 is 0. The van der Waals surface area contributed by atoms with Crippen molar-refractivity contribution in [1.82, 2.24) is 4.31 Å². The zero-order valence-corrected chi connectivity index (χ0v) is 12.3. The second-order valence-electron chi connectivity index (χ2n) is 4.92. The number of aryl methyl sites for hydroxylation is 1. The molecule has 8 heteroatoms. The van der Waals surface area contributed by atoms with Crippen LogP contribution >= 0.6 is 0 Å². The van der Waals surface area contributed by atoms with Gasteiger partial charge in [0.15, 0.2) is 0 Å². The third-order valence-electron chi connectivity index (χ3n) is 3.09. The first-order valence-corrected chi connectivity index (χ1v) is 7.65. The van der Waals surface area contributed by atoms with Crippen LogP contribution in [0.2, 0.25) is 0 Å². The van der Waals surface area contributed by atoms with Crippen molar-refractivity contribution in [3.63, 3.8) is 0 Å². The van der Waals surface area contributed by atoms with Crippen LogP contribution in [-0.2, 0) is 14.8 Å². The Morgan fingerprint density at radius 2 is 1.90 bits per heavy atom. The summed E-state index contributed by atoms with van der Waals surface area (Å²) in [6.07, 6.45) is -0.417. The predicted molar refractivity (Wildman–Crippen MR) is 69.2 cm³/mol. The minimum atomic E-state index is -3.77. The lowest BCUT2D eigenvalue weighted by molar-refractivity contribution is -0.0441. The van der Waals surface area contributed by atoms with Crippen LogP contribution in [0.4, 0.5) is 0 Å². The van der Waals surface area contributed by atoms with Gasteiger partial charge < -0.3 is 14.3 Å². The Kier molecular flexibility index (Phi) is 3.90. The third kappa shape index (κ3) is 2.72. The van der Waals surface area contributed by atoms with E-state index in [9.17, 15) is 13.2 Å². The fraction of sp³-hybridized carbons (Fsp3) is 0.583. The minimum absolute atomic E-state index is 0.0780. The average molecular weight is 303 g/mol. The molecule has 112 valence electrons. The zero-order chi connectivity index (χ0) is 15.1. The first kappa shape index (κ1) is 15.0. The summed E-state index contributed by atoms with van der Waals surface area (Å²) in [5.41, 5.74) is 0. The van der Waals surface area contributed by atoms with Crippen LogP contribution in [-0.4, -0.2) is 49.1 Å². The maximum Gasteiger partial charge on any atom is 0.371 e. The number of sulfonamides is 1. The van der Waals surface area contributed by atoms with Crippen LogP contribution in [0.5, 0.6) is 0 Å². The van der Waals surface area contributed by atoms with Crippen molar-refractivity contribution in [3.05, 3.63) is 17.6 Å². The molecule has 0 aromatic carbocycles. The molecule has 1 N–H and O–H groups in total. The van der Waals surface area contributed by atoms with E-state index in [0.717, 1.165) is 6.07 Å². The number of nitrogens with zero attached hydrogens (tertiary/aromatic N) is 1. The lowest BCUT2D eigenvalue weighted by Gasteiger charge is -2.34. The van der Waals surface area contributed by atoms with Crippen molar-refractivity contribution in [2.45, 2.75) is 37.9 Å². The molecule has 1 saturated heterocycles. The van der Waals surface area contributed by atoms with E-state index in [-0.39, 0.29) is 41.7 Å². The van der Waals surface area contributed by atoms with Crippen molar-refractivity contribution >= 4 is 16.0 Å². The molecular weight excluding hydrogens is 286 g/mol. The van der Waals surface area contributed by atoms with Crippen LogP contribution < -0.4 is 0 Å². The van der Waals surface area contributed by atoms with Crippen LogP contribution in [0.1, 0.15) is 30.2 Å². The molecule has 0 spiro atoms. The number of aromatic carboxylic acids is 1. The number of furan rings is 1. The molecule has 2 heterocycles. The lowest BCUT2D eigenvalue weighted by atomic mass is 10.3. The van der Waals surface area contributed by atoms with Gasteiger partial charge in [0.2, 0.25) is 15.8 Å². The van der Waals surface area contributed by atoms with Gasteiger partial charge in [-0.3, -0.25) is 0 Å². The minimum Gasteiger partial charge on any atom is -0.475 e. The molecule has 1 fully saturated rings. The van der Waals surface area contributed by atoms with Crippen LogP contribution in [0.25, 0.3) is 0 Å².